The van der Waals surface area contributed by atoms with Crippen LogP contribution in [0.5, 0.6) is 11.5 Å². The third-order valence-electron chi connectivity index (χ3n) is 3.91. The monoisotopic (exact) mass is 355 g/mol. The molecule has 0 unspecified atom stereocenters. The number of H-pyrrole nitrogens is 1. The Balaban J connectivity index is 1.94. The Morgan fingerprint density at radius 1 is 1.15 bits per heavy atom. The predicted octanol–water partition coefficient (Wildman–Crippen LogP) is 2.45. The molecular weight excluding hydrogens is 338 g/mol. The molecule has 0 fully saturated rings. The van der Waals surface area contributed by atoms with E-state index in [2.05, 4.69) is 15.2 Å². The first-order valence-electron chi connectivity index (χ1n) is 7.68. The lowest BCUT2D eigenvalue weighted by Crippen LogP contribution is -2.13. The van der Waals surface area contributed by atoms with E-state index in [9.17, 15) is 10.1 Å². The number of methoxy groups -OCH3 is 2. The lowest BCUT2D eigenvalue weighted by molar-refractivity contribution is -0.384. The van der Waals surface area contributed by atoms with E-state index in [4.69, 9.17) is 15.2 Å². The van der Waals surface area contributed by atoms with E-state index in [1.54, 1.807) is 19.2 Å². The van der Waals surface area contributed by atoms with Gasteiger partial charge in [-0.25, -0.2) is 4.98 Å². The number of hydrogen-bond donors (Lipinski definition) is 2. The van der Waals surface area contributed by atoms with Crippen LogP contribution in [0, 0.1) is 10.1 Å². The van der Waals surface area contributed by atoms with Gasteiger partial charge in [-0.05, 0) is 23.8 Å². The highest BCUT2D eigenvalue weighted by Crippen LogP contribution is 2.32. The molecule has 0 saturated carbocycles. The van der Waals surface area contributed by atoms with Crippen molar-refractivity contribution in [2.75, 3.05) is 14.2 Å². The van der Waals surface area contributed by atoms with Crippen LogP contribution in [0.2, 0.25) is 0 Å². The molecule has 0 aliphatic rings. The standard InChI is InChI=1S/C17H17N5O4/c1-25-12-6-3-10(4-7-12)15(18)17-19-16(20-21-17)13-9-11(22(23)24)5-8-14(13)26-2/h3-9,15H,18H2,1-2H3,(H,19,20,21)/t15-/m0/s1. The van der Waals surface area contributed by atoms with Crippen molar-refractivity contribution in [3.05, 3.63) is 64.0 Å². The van der Waals surface area contributed by atoms with E-state index < -0.39 is 11.0 Å². The Kier molecular flexibility index (Phi) is 4.81. The van der Waals surface area contributed by atoms with Crippen molar-refractivity contribution in [1.29, 1.82) is 0 Å². The molecule has 1 aromatic heterocycles. The summed E-state index contributed by atoms with van der Waals surface area (Å²) in [5.74, 6) is 1.85. The fourth-order valence-corrected chi connectivity index (χ4v) is 2.49. The Morgan fingerprint density at radius 2 is 1.88 bits per heavy atom. The number of nitro benzene ring substituents is 1. The Hall–Kier alpha value is -3.46. The molecule has 0 aliphatic carbocycles. The number of nitrogens with two attached hydrogens (primary N) is 1. The zero-order valence-electron chi connectivity index (χ0n) is 14.2. The Labute approximate surface area is 148 Å². The molecule has 1 atom stereocenters. The van der Waals surface area contributed by atoms with Crippen LogP contribution >= 0.6 is 0 Å². The number of non-ortho nitro benzene ring substituents is 1. The molecule has 3 aromatic rings. The maximum atomic E-state index is 11.0. The van der Waals surface area contributed by atoms with Gasteiger partial charge in [0.1, 0.15) is 17.3 Å². The number of ether oxygens (including phenoxy) is 2. The largest absolute Gasteiger partial charge is 0.497 e. The summed E-state index contributed by atoms with van der Waals surface area (Å²) in [7, 11) is 3.06. The molecule has 26 heavy (non-hydrogen) atoms. The number of nitro groups is 1. The van der Waals surface area contributed by atoms with Gasteiger partial charge in [0.15, 0.2) is 5.82 Å². The molecule has 1 heterocycles. The number of rotatable bonds is 6. The molecule has 3 N–H and O–H groups in total. The average Bonchev–Trinajstić information content (AvgIpc) is 3.17. The summed E-state index contributed by atoms with van der Waals surface area (Å²) in [6.45, 7) is 0. The first-order valence-corrected chi connectivity index (χ1v) is 7.68. The number of aromatic nitrogens is 3. The van der Waals surface area contributed by atoms with E-state index in [-0.39, 0.29) is 11.5 Å². The number of nitrogens with one attached hydrogen (secondary N) is 1. The SMILES string of the molecule is COc1ccc([C@H](N)c2nc(-c3cc([N+](=O)[O-])ccc3OC)n[nH]2)cc1. The van der Waals surface area contributed by atoms with E-state index >= 15 is 0 Å². The van der Waals surface area contributed by atoms with Crippen LogP contribution in [-0.4, -0.2) is 34.3 Å². The summed E-state index contributed by atoms with van der Waals surface area (Å²) in [4.78, 5) is 14.9. The number of hydrogen-bond acceptors (Lipinski definition) is 7. The summed E-state index contributed by atoms with van der Waals surface area (Å²) >= 11 is 0. The van der Waals surface area contributed by atoms with Gasteiger partial charge in [-0.15, -0.1) is 0 Å². The van der Waals surface area contributed by atoms with Gasteiger partial charge in [0.25, 0.3) is 5.69 Å². The van der Waals surface area contributed by atoms with Crippen molar-refractivity contribution in [3.8, 4) is 22.9 Å². The fourth-order valence-electron chi connectivity index (χ4n) is 2.49. The van der Waals surface area contributed by atoms with Crippen molar-refractivity contribution in [1.82, 2.24) is 15.2 Å². The molecule has 0 saturated heterocycles. The molecular formula is C17H17N5O4. The fraction of sp³-hybridized carbons (Fsp3) is 0.176. The third-order valence-corrected chi connectivity index (χ3v) is 3.91. The van der Waals surface area contributed by atoms with Gasteiger partial charge in [-0.2, -0.15) is 5.10 Å². The Bertz CT molecular complexity index is 923. The van der Waals surface area contributed by atoms with E-state index in [1.807, 2.05) is 12.1 Å². The van der Waals surface area contributed by atoms with Crippen molar-refractivity contribution in [3.63, 3.8) is 0 Å². The molecule has 134 valence electrons. The zero-order valence-corrected chi connectivity index (χ0v) is 14.2. The van der Waals surface area contributed by atoms with Gasteiger partial charge in [-0.3, -0.25) is 15.2 Å². The summed E-state index contributed by atoms with van der Waals surface area (Å²) < 4.78 is 10.4. The molecule has 2 aromatic carbocycles. The smallest absolute Gasteiger partial charge is 0.270 e. The summed E-state index contributed by atoms with van der Waals surface area (Å²) in [6.07, 6.45) is 0. The van der Waals surface area contributed by atoms with Gasteiger partial charge in [0.05, 0.1) is 30.7 Å². The summed E-state index contributed by atoms with van der Waals surface area (Å²) in [5, 5.41) is 17.9. The van der Waals surface area contributed by atoms with Gasteiger partial charge in [0.2, 0.25) is 0 Å². The minimum Gasteiger partial charge on any atom is -0.497 e. The molecule has 9 nitrogen and oxygen atoms in total. The second-order valence-electron chi connectivity index (χ2n) is 5.44. The molecule has 0 aliphatic heterocycles. The number of aromatic amines is 1. The van der Waals surface area contributed by atoms with Crippen LogP contribution in [0.25, 0.3) is 11.4 Å². The maximum Gasteiger partial charge on any atom is 0.270 e. The van der Waals surface area contributed by atoms with Gasteiger partial charge >= 0.3 is 0 Å². The second kappa shape index (κ2) is 7.19. The maximum absolute atomic E-state index is 11.0. The molecule has 9 heteroatoms. The van der Waals surface area contributed by atoms with E-state index in [0.29, 0.717) is 17.1 Å². The van der Waals surface area contributed by atoms with Crippen LogP contribution in [0.4, 0.5) is 5.69 Å². The van der Waals surface area contributed by atoms with E-state index in [0.717, 1.165) is 11.3 Å². The van der Waals surface area contributed by atoms with Crippen molar-refractivity contribution in [2.45, 2.75) is 6.04 Å². The molecule has 0 amide bonds. The topological polar surface area (TPSA) is 129 Å². The van der Waals surface area contributed by atoms with Crippen molar-refractivity contribution in [2.24, 2.45) is 5.73 Å². The lowest BCUT2D eigenvalue weighted by Gasteiger charge is -2.09. The van der Waals surface area contributed by atoms with Gasteiger partial charge in [0, 0.05) is 12.1 Å². The van der Waals surface area contributed by atoms with Crippen molar-refractivity contribution >= 4 is 5.69 Å². The van der Waals surface area contributed by atoms with Crippen molar-refractivity contribution < 1.29 is 14.4 Å². The quantitative estimate of drug-likeness (QED) is 0.513. The summed E-state index contributed by atoms with van der Waals surface area (Å²) in [5.41, 5.74) is 7.38. The van der Waals surface area contributed by atoms with Crippen LogP contribution in [0.1, 0.15) is 17.4 Å². The van der Waals surface area contributed by atoms with Crippen LogP contribution in [0.15, 0.2) is 42.5 Å². The normalized spacial score (nSPS) is 11.8. The predicted molar refractivity (Wildman–Crippen MR) is 94.0 cm³/mol. The zero-order chi connectivity index (χ0) is 18.7. The molecule has 0 radical (unpaired) electrons. The first-order chi connectivity index (χ1) is 12.5. The van der Waals surface area contributed by atoms with Gasteiger partial charge in [-0.1, -0.05) is 12.1 Å². The minimum atomic E-state index is -0.535. The highest BCUT2D eigenvalue weighted by atomic mass is 16.6. The number of benzene rings is 2. The van der Waals surface area contributed by atoms with Crippen LogP contribution < -0.4 is 15.2 Å². The molecule has 0 spiro atoms. The second-order valence-corrected chi connectivity index (χ2v) is 5.44. The third kappa shape index (κ3) is 3.33. The lowest BCUT2D eigenvalue weighted by atomic mass is 10.1. The van der Waals surface area contributed by atoms with Gasteiger partial charge < -0.3 is 15.2 Å². The average molecular weight is 355 g/mol. The van der Waals surface area contributed by atoms with Crippen LogP contribution in [-0.2, 0) is 0 Å². The molecule has 0 bridgehead atoms. The summed E-state index contributed by atoms with van der Waals surface area (Å²) in [6, 6.07) is 11.0. The highest BCUT2D eigenvalue weighted by Gasteiger charge is 2.19. The minimum absolute atomic E-state index is 0.0772. The number of nitrogens with zero attached hydrogens (tertiary/aromatic N) is 3. The first kappa shape index (κ1) is 17.4. The highest BCUT2D eigenvalue weighted by molar-refractivity contribution is 5.67. The molecule has 3 rings (SSSR count). The van der Waals surface area contributed by atoms with Crippen LogP contribution in [0.3, 0.4) is 0 Å². The Morgan fingerprint density at radius 3 is 2.50 bits per heavy atom. The van der Waals surface area contributed by atoms with E-state index in [1.165, 1.54) is 25.3 Å².